The molecule has 106 valence electrons. The standard InChI is InChI=1S/C14H30N4/c1-13(17-8-4-15-5-9-17)12-14(2,3)18-10-6-16-7-11-18/h13,15-16H,4-12H2,1-3H3. The van der Waals surface area contributed by atoms with Crippen molar-refractivity contribution in [2.24, 2.45) is 0 Å². The average molecular weight is 254 g/mol. The fraction of sp³-hybridized carbons (Fsp3) is 1.00. The minimum absolute atomic E-state index is 0.326. The summed E-state index contributed by atoms with van der Waals surface area (Å²) in [5.74, 6) is 0. The lowest BCUT2D eigenvalue weighted by molar-refractivity contribution is 0.0598. The Balaban J connectivity index is 1.85. The van der Waals surface area contributed by atoms with Crippen LogP contribution < -0.4 is 10.6 Å². The topological polar surface area (TPSA) is 30.5 Å². The van der Waals surface area contributed by atoms with Crippen LogP contribution in [0.15, 0.2) is 0 Å². The van der Waals surface area contributed by atoms with Gasteiger partial charge in [-0.2, -0.15) is 0 Å². The molecule has 0 aromatic rings. The Bertz CT molecular complexity index is 242. The van der Waals surface area contributed by atoms with E-state index < -0.39 is 0 Å². The SMILES string of the molecule is CC(CC(C)(C)N1CCNCC1)N1CCNCC1. The lowest BCUT2D eigenvalue weighted by atomic mass is 9.92. The molecular formula is C14H30N4. The van der Waals surface area contributed by atoms with Gasteiger partial charge in [0.25, 0.3) is 0 Å². The van der Waals surface area contributed by atoms with Gasteiger partial charge in [0.05, 0.1) is 0 Å². The van der Waals surface area contributed by atoms with Gasteiger partial charge in [-0.25, -0.2) is 0 Å². The molecule has 0 saturated carbocycles. The third-order valence-corrected chi connectivity index (χ3v) is 4.54. The van der Waals surface area contributed by atoms with Gasteiger partial charge in [-0.15, -0.1) is 0 Å². The highest BCUT2D eigenvalue weighted by atomic mass is 15.3. The molecule has 0 bridgehead atoms. The van der Waals surface area contributed by atoms with Crippen LogP contribution in [0.4, 0.5) is 0 Å². The Morgan fingerprint density at radius 3 is 2.00 bits per heavy atom. The van der Waals surface area contributed by atoms with Crippen molar-refractivity contribution in [3.05, 3.63) is 0 Å². The van der Waals surface area contributed by atoms with Crippen LogP contribution in [-0.4, -0.2) is 73.7 Å². The minimum atomic E-state index is 0.326. The maximum absolute atomic E-state index is 3.44. The summed E-state index contributed by atoms with van der Waals surface area (Å²) in [5, 5.41) is 6.88. The van der Waals surface area contributed by atoms with E-state index in [4.69, 9.17) is 0 Å². The number of piperazine rings is 2. The van der Waals surface area contributed by atoms with Crippen LogP contribution in [0.5, 0.6) is 0 Å². The Morgan fingerprint density at radius 1 is 0.944 bits per heavy atom. The molecule has 2 rings (SSSR count). The van der Waals surface area contributed by atoms with E-state index in [9.17, 15) is 0 Å². The van der Waals surface area contributed by atoms with E-state index in [1.807, 2.05) is 0 Å². The summed E-state index contributed by atoms with van der Waals surface area (Å²) in [5.41, 5.74) is 0.326. The predicted molar refractivity (Wildman–Crippen MR) is 77.0 cm³/mol. The molecule has 2 fully saturated rings. The highest BCUT2D eigenvalue weighted by molar-refractivity contribution is 4.89. The highest BCUT2D eigenvalue weighted by Gasteiger charge is 2.31. The van der Waals surface area contributed by atoms with E-state index >= 15 is 0 Å². The Kier molecular flexibility index (Phi) is 5.01. The normalized spacial score (nSPS) is 26.2. The molecule has 18 heavy (non-hydrogen) atoms. The Morgan fingerprint density at radius 2 is 1.44 bits per heavy atom. The molecule has 0 spiro atoms. The second kappa shape index (κ2) is 6.33. The van der Waals surface area contributed by atoms with Crippen molar-refractivity contribution < 1.29 is 0 Å². The molecule has 2 aliphatic heterocycles. The van der Waals surface area contributed by atoms with Gasteiger partial charge < -0.3 is 10.6 Å². The molecular weight excluding hydrogens is 224 g/mol. The molecule has 1 unspecified atom stereocenters. The fourth-order valence-corrected chi connectivity index (χ4v) is 3.37. The average Bonchev–Trinajstić information content (AvgIpc) is 2.40. The first-order valence-electron chi connectivity index (χ1n) is 7.50. The maximum atomic E-state index is 3.44. The molecule has 2 N–H and O–H groups in total. The van der Waals surface area contributed by atoms with Crippen LogP contribution in [0.3, 0.4) is 0 Å². The lowest BCUT2D eigenvalue weighted by Crippen LogP contribution is -2.56. The zero-order valence-corrected chi connectivity index (χ0v) is 12.3. The Labute approximate surface area is 112 Å². The summed E-state index contributed by atoms with van der Waals surface area (Å²) in [7, 11) is 0. The fourth-order valence-electron chi connectivity index (χ4n) is 3.37. The molecule has 4 nitrogen and oxygen atoms in total. The number of nitrogens with zero attached hydrogens (tertiary/aromatic N) is 2. The first-order chi connectivity index (χ1) is 8.59. The molecule has 0 aromatic carbocycles. The first-order valence-corrected chi connectivity index (χ1v) is 7.50. The number of hydrogen-bond acceptors (Lipinski definition) is 4. The molecule has 2 heterocycles. The van der Waals surface area contributed by atoms with E-state index in [0.29, 0.717) is 11.6 Å². The van der Waals surface area contributed by atoms with Gasteiger partial charge >= 0.3 is 0 Å². The molecule has 2 saturated heterocycles. The van der Waals surface area contributed by atoms with E-state index in [-0.39, 0.29) is 0 Å². The molecule has 2 aliphatic rings. The molecule has 4 heteroatoms. The van der Waals surface area contributed by atoms with E-state index in [2.05, 4.69) is 41.2 Å². The molecule has 0 radical (unpaired) electrons. The van der Waals surface area contributed by atoms with Gasteiger partial charge in [-0.1, -0.05) is 0 Å². The first kappa shape index (κ1) is 14.3. The van der Waals surface area contributed by atoms with E-state index in [1.54, 1.807) is 0 Å². The minimum Gasteiger partial charge on any atom is -0.314 e. The molecule has 0 aliphatic carbocycles. The number of hydrogen-bond donors (Lipinski definition) is 2. The van der Waals surface area contributed by atoms with Crippen molar-refractivity contribution in [3.8, 4) is 0 Å². The van der Waals surface area contributed by atoms with Crippen molar-refractivity contribution in [1.29, 1.82) is 0 Å². The van der Waals surface area contributed by atoms with Gasteiger partial charge in [-0.05, 0) is 27.2 Å². The van der Waals surface area contributed by atoms with Crippen LogP contribution >= 0.6 is 0 Å². The van der Waals surface area contributed by atoms with Gasteiger partial charge in [0.1, 0.15) is 0 Å². The highest BCUT2D eigenvalue weighted by Crippen LogP contribution is 2.23. The van der Waals surface area contributed by atoms with Gasteiger partial charge in [0.2, 0.25) is 0 Å². The third-order valence-electron chi connectivity index (χ3n) is 4.54. The summed E-state index contributed by atoms with van der Waals surface area (Å²) in [6.45, 7) is 16.6. The van der Waals surface area contributed by atoms with Crippen LogP contribution in [0.2, 0.25) is 0 Å². The van der Waals surface area contributed by atoms with Crippen molar-refractivity contribution >= 4 is 0 Å². The van der Waals surface area contributed by atoms with E-state index in [1.165, 1.54) is 32.6 Å². The molecule has 0 amide bonds. The number of rotatable bonds is 4. The quantitative estimate of drug-likeness (QED) is 0.758. The molecule has 1 atom stereocenters. The van der Waals surface area contributed by atoms with Crippen LogP contribution in [0.25, 0.3) is 0 Å². The zero-order valence-electron chi connectivity index (χ0n) is 12.3. The summed E-state index contributed by atoms with van der Waals surface area (Å²) >= 11 is 0. The monoisotopic (exact) mass is 254 g/mol. The molecule has 0 aromatic heterocycles. The van der Waals surface area contributed by atoms with Crippen molar-refractivity contribution in [2.75, 3.05) is 52.4 Å². The smallest absolute Gasteiger partial charge is 0.0169 e. The summed E-state index contributed by atoms with van der Waals surface area (Å²) in [6.07, 6.45) is 1.27. The third kappa shape index (κ3) is 3.67. The second-order valence-corrected chi connectivity index (χ2v) is 6.39. The maximum Gasteiger partial charge on any atom is 0.0169 e. The van der Waals surface area contributed by atoms with Crippen molar-refractivity contribution in [3.63, 3.8) is 0 Å². The van der Waals surface area contributed by atoms with Gasteiger partial charge in [0.15, 0.2) is 0 Å². The lowest BCUT2D eigenvalue weighted by Gasteiger charge is -2.45. The van der Waals surface area contributed by atoms with Crippen molar-refractivity contribution in [2.45, 2.75) is 38.8 Å². The van der Waals surface area contributed by atoms with Crippen molar-refractivity contribution in [1.82, 2.24) is 20.4 Å². The van der Waals surface area contributed by atoms with E-state index in [0.717, 1.165) is 26.2 Å². The van der Waals surface area contributed by atoms with Gasteiger partial charge in [0, 0.05) is 63.9 Å². The second-order valence-electron chi connectivity index (χ2n) is 6.39. The largest absolute Gasteiger partial charge is 0.314 e. The summed E-state index contributed by atoms with van der Waals surface area (Å²) in [4.78, 5) is 5.29. The summed E-state index contributed by atoms with van der Waals surface area (Å²) in [6, 6.07) is 0.692. The Hall–Kier alpha value is -0.160. The van der Waals surface area contributed by atoms with Crippen LogP contribution in [-0.2, 0) is 0 Å². The number of nitrogens with one attached hydrogen (secondary N) is 2. The summed E-state index contributed by atoms with van der Waals surface area (Å²) < 4.78 is 0. The van der Waals surface area contributed by atoms with Crippen LogP contribution in [0, 0.1) is 0 Å². The van der Waals surface area contributed by atoms with Gasteiger partial charge in [-0.3, -0.25) is 9.80 Å². The van der Waals surface area contributed by atoms with Crippen LogP contribution in [0.1, 0.15) is 27.2 Å². The zero-order chi connectivity index (χ0) is 13.0. The predicted octanol–water partition coefficient (Wildman–Crippen LogP) is 0.354.